The van der Waals surface area contributed by atoms with Crippen LogP contribution in [0.4, 0.5) is 0 Å². The maximum atomic E-state index is 12.1. The summed E-state index contributed by atoms with van der Waals surface area (Å²) < 4.78 is 5.38. The number of hydrogen-bond donors (Lipinski definition) is 1. The van der Waals surface area contributed by atoms with Gasteiger partial charge in [-0.25, -0.2) is 0 Å². The fourth-order valence-corrected chi connectivity index (χ4v) is 1.96. The fraction of sp³-hybridized carbons (Fsp3) is 0.533. The van der Waals surface area contributed by atoms with Crippen molar-refractivity contribution >= 4 is 5.78 Å². The third kappa shape index (κ3) is 3.33. The Labute approximate surface area is 110 Å². The van der Waals surface area contributed by atoms with E-state index in [-0.39, 0.29) is 5.78 Å². The molecule has 0 spiro atoms. The molecule has 1 rings (SSSR count). The van der Waals surface area contributed by atoms with Crippen LogP contribution in [0.5, 0.6) is 5.75 Å². The SMILES string of the molecule is CCNCC(=O)c1cc(C(C)C)c(OC)cc1C. The van der Waals surface area contributed by atoms with Gasteiger partial charge in [0.05, 0.1) is 13.7 Å². The molecule has 0 fully saturated rings. The van der Waals surface area contributed by atoms with Crippen LogP contribution in [0.15, 0.2) is 12.1 Å². The number of ether oxygens (including phenoxy) is 1. The van der Waals surface area contributed by atoms with E-state index < -0.39 is 0 Å². The summed E-state index contributed by atoms with van der Waals surface area (Å²) in [5, 5.41) is 3.07. The number of rotatable bonds is 6. The molecule has 0 atom stereocenters. The van der Waals surface area contributed by atoms with Crippen LogP contribution in [0.1, 0.15) is 48.2 Å². The van der Waals surface area contributed by atoms with E-state index in [2.05, 4.69) is 19.2 Å². The summed E-state index contributed by atoms with van der Waals surface area (Å²) in [6.45, 7) is 9.34. The molecule has 3 heteroatoms. The molecule has 0 heterocycles. The lowest BCUT2D eigenvalue weighted by Crippen LogP contribution is -2.23. The van der Waals surface area contributed by atoms with Gasteiger partial charge in [0.1, 0.15) is 5.75 Å². The quantitative estimate of drug-likeness (QED) is 0.788. The Morgan fingerprint density at radius 1 is 1.39 bits per heavy atom. The summed E-state index contributed by atoms with van der Waals surface area (Å²) in [7, 11) is 1.67. The van der Waals surface area contributed by atoms with Crippen LogP contribution in [0.25, 0.3) is 0 Å². The molecule has 0 bridgehead atoms. The molecule has 0 radical (unpaired) electrons. The van der Waals surface area contributed by atoms with Gasteiger partial charge in [0.2, 0.25) is 0 Å². The second kappa shape index (κ2) is 6.55. The van der Waals surface area contributed by atoms with Crippen molar-refractivity contribution < 1.29 is 9.53 Å². The van der Waals surface area contributed by atoms with Gasteiger partial charge < -0.3 is 10.1 Å². The minimum Gasteiger partial charge on any atom is -0.496 e. The summed E-state index contributed by atoms with van der Waals surface area (Å²) in [6, 6.07) is 3.92. The van der Waals surface area contributed by atoms with Gasteiger partial charge in [-0.15, -0.1) is 0 Å². The van der Waals surface area contributed by atoms with Gasteiger partial charge in [-0.2, -0.15) is 0 Å². The highest BCUT2D eigenvalue weighted by molar-refractivity contribution is 5.99. The van der Waals surface area contributed by atoms with E-state index in [1.54, 1.807) is 7.11 Å². The number of nitrogens with one attached hydrogen (secondary N) is 1. The highest BCUT2D eigenvalue weighted by Crippen LogP contribution is 2.29. The molecule has 1 N–H and O–H groups in total. The van der Waals surface area contributed by atoms with E-state index in [9.17, 15) is 4.79 Å². The van der Waals surface area contributed by atoms with E-state index >= 15 is 0 Å². The number of benzene rings is 1. The summed E-state index contributed by atoms with van der Waals surface area (Å²) in [4.78, 5) is 12.1. The number of likely N-dealkylation sites (N-methyl/N-ethyl adjacent to an activating group) is 1. The average Bonchev–Trinajstić information content (AvgIpc) is 2.34. The lowest BCUT2D eigenvalue weighted by atomic mass is 9.94. The molecule has 100 valence electrons. The van der Waals surface area contributed by atoms with Crippen molar-refractivity contribution in [2.24, 2.45) is 0 Å². The van der Waals surface area contributed by atoms with Crippen LogP contribution < -0.4 is 10.1 Å². The molecular weight excluding hydrogens is 226 g/mol. The predicted octanol–water partition coefficient (Wildman–Crippen LogP) is 2.92. The summed E-state index contributed by atoms with van der Waals surface area (Å²) in [5.41, 5.74) is 2.85. The van der Waals surface area contributed by atoms with Crippen LogP contribution in [0.2, 0.25) is 0 Å². The Morgan fingerprint density at radius 3 is 2.56 bits per heavy atom. The molecule has 0 amide bonds. The number of hydrogen-bond acceptors (Lipinski definition) is 3. The Balaban J connectivity index is 3.13. The molecule has 0 aliphatic carbocycles. The molecule has 0 unspecified atom stereocenters. The molecule has 1 aromatic carbocycles. The van der Waals surface area contributed by atoms with E-state index in [0.29, 0.717) is 12.5 Å². The van der Waals surface area contributed by atoms with Gasteiger partial charge in [-0.1, -0.05) is 20.8 Å². The van der Waals surface area contributed by atoms with Crippen molar-refractivity contribution in [1.29, 1.82) is 0 Å². The highest BCUT2D eigenvalue weighted by Gasteiger charge is 2.15. The fourth-order valence-electron chi connectivity index (χ4n) is 1.96. The monoisotopic (exact) mass is 249 g/mol. The predicted molar refractivity (Wildman–Crippen MR) is 74.7 cm³/mol. The van der Waals surface area contributed by atoms with Gasteiger partial charge in [0.25, 0.3) is 0 Å². The minimum atomic E-state index is 0.138. The number of carbonyl (C=O) groups excluding carboxylic acids is 1. The Morgan fingerprint density at radius 2 is 2.06 bits per heavy atom. The van der Waals surface area contributed by atoms with Gasteiger partial charge in [-0.3, -0.25) is 4.79 Å². The highest BCUT2D eigenvalue weighted by atomic mass is 16.5. The first-order chi connectivity index (χ1) is 8.51. The van der Waals surface area contributed by atoms with Crippen molar-refractivity contribution in [2.45, 2.75) is 33.6 Å². The second-order valence-electron chi connectivity index (χ2n) is 4.77. The lowest BCUT2D eigenvalue weighted by Gasteiger charge is -2.15. The van der Waals surface area contributed by atoms with Crippen molar-refractivity contribution in [2.75, 3.05) is 20.2 Å². The van der Waals surface area contributed by atoms with E-state index in [4.69, 9.17) is 4.74 Å². The maximum absolute atomic E-state index is 12.1. The standard InChI is InChI=1S/C15H23NO2/c1-6-16-9-14(17)13-8-12(10(2)3)15(18-5)7-11(13)4/h7-8,10,16H,6,9H2,1-5H3. The number of ketones is 1. The molecule has 0 saturated heterocycles. The number of methoxy groups -OCH3 is 1. The first kappa shape index (κ1) is 14.7. The van der Waals surface area contributed by atoms with E-state index in [1.165, 1.54) is 0 Å². The minimum absolute atomic E-state index is 0.138. The third-order valence-corrected chi connectivity index (χ3v) is 3.03. The summed E-state index contributed by atoms with van der Waals surface area (Å²) in [5.74, 6) is 1.34. The molecule has 0 aromatic heterocycles. The zero-order valence-electron chi connectivity index (χ0n) is 12.0. The van der Waals surface area contributed by atoms with Crippen molar-refractivity contribution in [3.63, 3.8) is 0 Å². The molecule has 3 nitrogen and oxygen atoms in total. The number of carbonyl (C=O) groups is 1. The van der Waals surface area contributed by atoms with Gasteiger partial charge in [-0.05, 0) is 42.6 Å². The van der Waals surface area contributed by atoms with Crippen LogP contribution in [-0.2, 0) is 0 Å². The number of aryl methyl sites for hydroxylation is 1. The van der Waals surface area contributed by atoms with Crippen molar-refractivity contribution in [3.8, 4) is 5.75 Å². The molecule has 0 aliphatic rings. The van der Waals surface area contributed by atoms with Crippen molar-refractivity contribution in [1.82, 2.24) is 5.32 Å². The van der Waals surface area contributed by atoms with Crippen LogP contribution in [0, 0.1) is 6.92 Å². The summed E-state index contributed by atoms with van der Waals surface area (Å²) >= 11 is 0. The van der Waals surface area contributed by atoms with E-state index in [1.807, 2.05) is 26.0 Å². The topological polar surface area (TPSA) is 38.3 Å². The smallest absolute Gasteiger partial charge is 0.176 e. The van der Waals surface area contributed by atoms with Crippen LogP contribution in [0.3, 0.4) is 0 Å². The van der Waals surface area contributed by atoms with E-state index in [0.717, 1.165) is 29.0 Å². The lowest BCUT2D eigenvalue weighted by molar-refractivity contribution is 0.0991. The van der Waals surface area contributed by atoms with Crippen LogP contribution >= 0.6 is 0 Å². The largest absolute Gasteiger partial charge is 0.496 e. The Hall–Kier alpha value is -1.35. The zero-order chi connectivity index (χ0) is 13.7. The van der Waals surface area contributed by atoms with Gasteiger partial charge in [0, 0.05) is 5.56 Å². The maximum Gasteiger partial charge on any atom is 0.176 e. The first-order valence-corrected chi connectivity index (χ1v) is 6.43. The molecule has 1 aromatic rings. The molecule has 0 saturated carbocycles. The van der Waals surface area contributed by atoms with Crippen LogP contribution in [-0.4, -0.2) is 26.0 Å². The first-order valence-electron chi connectivity index (χ1n) is 6.43. The molecule has 18 heavy (non-hydrogen) atoms. The second-order valence-corrected chi connectivity index (χ2v) is 4.77. The summed E-state index contributed by atoms with van der Waals surface area (Å²) in [6.07, 6.45) is 0. The molecular formula is C15H23NO2. The Bertz CT molecular complexity index is 425. The van der Waals surface area contributed by atoms with Gasteiger partial charge in [0.15, 0.2) is 5.78 Å². The number of Topliss-reactive ketones (excluding diaryl/α,β-unsaturated/α-hetero) is 1. The van der Waals surface area contributed by atoms with Gasteiger partial charge >= 0.3 is 0 Å². The normalized spacial score (nSPS) is 10.8. The molecule has 0 aliphatic heterocycles. The Kier molecular flexibility index (Phi) is 5.35. The van der Waals surface area contributed by atoms with Crippen molar-refractivity contribution in [3.05, 3.63) is 28.8 Å². The zero-order valence-corrected chi connectivity index (χ0v) is 12.0. The average molecular weight is 249 g/mol. The third-order valence-electron chi connectivity index (χ3n) is 3.03.